The minimum Gasteiger partial charge on any atom is -0.497 e. The van der Waals surface area contributed by atoms with Crippen LogP contribution >= 0.6 is 11.8 Å². The van der Waals surface area contributed by atoms with Crippen LogP contribution in [0.3, 0.4) is 0 Å². The van der Waals surface area contributed by atoms with Gasteiger partial charge in [0.2, 0.25) is 0 Å². The maximum Gasteiger partial charge on any atom is 0.138 e. The zero-order valence-corrected chi connectivity index (χ0v) is 7.15. The van der Waals surface area contributed by atoms with Gasteiger partial charge >= 0.3 is 0 Å². The van der Waals surface area contributed by atoms with Crippen LogP contribution in [0.1, 0.15) is 0 Å². The zero-order valence-electron chi connectivity index (χ0n) is 6.33. The van der Waals surface area contributed by atoms with Crippen molar-refractivity contribution in [2.75, 3.05) is 7.11 Å². The van der Waals surface area contributed by atoms with Gasteiger partial charge in [-0.2, -0.15) is 5.26 Å². The molecule has 0 N–H and O–H groups in total. The summed E-state index contributed by atoms with van der Waals surface area (Å²) in [5.74, 6) is 0.546. The Labute approximate surface area is 70.9 Å². The van der Waals surface area contributed by atoms with Gasteiger partial charge in [-0.1, -0.05) is 13.2 Å². The average Bonchev–Trinajstić information content (AvgIpc) is 2.01. The molecule has 0 aliphatic carbocycles. The lowest BCUT2D eigenvalue weighted by Gasteiger charge is -1.94. The first-order valence-electron chi connectivity index (χ1n) is 2.86. The summed E-state index contributed by atoms with van der Waals surface area (Å²) in [6.45, 7) is 7.17. The molecule has 0 aliphatic heterocycles. The smallest absolute Gasteiger partial charge is 0.138 e. The van der Waals surface area contributed by atoms with Crippen molar-refractivity contribution in [3.63, 3.8) is 0 Å². The highest BCUT2D eigenvalue weighted by molar-refractivity contribution is 8.07. The summed E-state index contributed by atoms with van der Waals surface area (Å²) >= 11 is 1.01. The molecule has 0 aromatic heterocycles. The van der Waals surface area contributed by atoms with Gasteiger partial charge in [-0.25, -0.2) is 0 Å². The van der Waals surface area contributed by atoms with Gasteiger partial charge in [0.1, 0.15) is 11.2 Å². The summed E-state index contributed by atoms with van der Waals surface area (Å²) in [4.78, 5) is 0.672. The first-order valence-corrected chi connectivity index (χ1v) is 3.68. The van der Waals surface area contributed by atoms with Gasteiger partial charge in [0, 0.05) is 4.91 Å². The van der Waals surface area contributed by atoms with Gasteiger partial charge in [0.25, 0.3) is 0 Å². The number of thioether (sulfide) groups is 1. The predicted octanol–water partition coefficient (Wildman–Crippen LogP) is 2.43. The van der Waals surface area contributed by atoms with Crippen molar-refractivity contribution in [1.29, 1.82) is 5.26 Å². The molecular weight excluding hydrogens is 158 g/mol. The molecule has 0 radical (unpaired) electrons. The van der Waals surface area contributed by atoms with Gasteiger partial charge in [0.05, 0.1) is 7.11 Å². The fraction of sp³-hybridized carbons (Fsp3) is 0.125. The van der Waals surface area contributed by atoms with Crippen molar-refractivity contribution in [2.24, 2.45) is 0 Å². The Morgan fingerprint density at radius 2 is 2.18 bits per heavy atom. The van der Waals surface area contributed by atoms with Gasteiger partial charge in [-0.15, -0.1) is 0 Å². The minimum atomic E-state index is 0.546. The molecule has 0 bridgehead atoms. The Balaban J connectivity index is 3.85. The number of rotatable bonds is 4. The second kappa shape index (κ2) is 5.63. The summed E-state index contributed by atoms with van der Waals surface area (Å²) < 4.78 is 4.76. The van der Waals surface area contributed by atoms with Crippen molar-refractivity contribution in [3.05, 3.63) is 36.0 Å². The van der Waals surface area contributed by atoms with E-state index < -0.39 is 0 Å². The molecular formula is C8H9NOS. The van der Waals surface area contributed by atoms with Crippen LogP contribution in [-0.2, 0) is 4.74 Å². The van der Waals surface area contributed by atoms with E-state index in [2.05, 4.69) is 13.2 Å². The fourth-order valence-corrected chi connectivity index (χ4v) is 0.600. The Morgan fingerprint density at radius 1 is 1.55 bits per heavy atom. The molecule has 0 saturated heterocycles. The van der Waals surface area contributed by atoms with Crippen molar-refractivity contribution in [3.8, 4) is 5.40 Å². The van der Waals surface area contributed by atoms with E-state index in [1.54, 1.807) is 12.2 Å². The van der Waals surface area contributed by atoms with E-state index in [4.69, 9.17) is 10.00 Å². The van der Waals surface area contributed by atoms with Crippen molar-refractivity contribution >= 4 is 11.8 Å². The molecule has 0 heterocycles. The SMILES string of the molecule is C=C(/C=C\C(=C)SC#N)OC. The third-order valence-corrected chi connectivity index (χ3v) is 1.38. The number of hydrogen-bond acceptors (Lipinski definition) is 3. The van der Waals surface area contributed by atoms with Gasteiger partial charge in [-0.05, 0) is 23.9 Å². The molecule has 0 atom stereocenters. The van der Waals surface area contributed by atoms with Crippen LogP contribution in [0, 0.1) is 10.7 Å². The van der Waals surface area contributed by atoms with Crippen LogP contribution < -0.4 is 0 Å². The van der Waals surface area contributed by atoms with Crippen LogP contribution in [-0.4, -0.2) is 7.11 Å². The average molecular weight is 167 g/mol. The molecule has 0 aromatic carbocycles. The maximum absolute atomic E-state index is 8.22. The first-order chi connectivity index (χ1) is 5.20. The van der Waals surface area contributed by atoms with Crippen LogP contribution in [0.5, 0.6) is 0 Å². The van der Waals surface area contributed by atoms with Crippen LogP contribution in [0.4, 0.5) is 0 Å². The molecule has 0 aliphatic rings. The van der Waals surface area contributed by atoms with E-state index in [0.29, 0.717) is 10.7 Å². The van der Waals surface area contributed by atoms with Crippen LogP contribution in [0.15, 0.2) is 36.0 Å². The standard InChI is InChI=1S/C8H9NOS/c1-7(10-3)4-5-8(2)11-6-9/h4-5H,1-2H2,3H3/b5-4-. The largest absolute Gasteiger partial charge is 0.497 e. The Morgan fingerprint density at radius 3 is 2.64 bits per heavy atom. The molecule has 3 heteroatoms. The van der Waals surface area contributed by atoms with Crippen molar-refractivity contribution in [1.82, 2.24) is 0 Å². The van der Waals surface area contributed by atoms with Crippen molar-refractivity contribution in [2.45, 2.75) is 0 Å². The molecule has 0 aromatic rings. The number of hydrogen-bond donors (Lipinski definition) is 0. The zero-order chi connectivity index (χ0) is 8.69. The molecule has 58 valence electrons. The van der Waals surface area contributed by atoms with Crippen molar-refractivity contribution < 1.29 is 4.74 Å². The fourth-order valence-electron chi connectivity index (χ4n) is 0.347. The Hall–Kier alpha value is -1.14. The lowest BCUT2D eigenvalue weighted by atomic mass is 10.4. The number of methoxy groups -OCH3 is 1. The molecule has 2 nitrogen and oxygen atoms in total. The second-order valence-electron chi connectivity index (χ2n) is 1.66. The monoisotopic (exact) mass is 167 g/mol. The number of nitriles is 1. The summed E-state index contributed by atoms with van der Waals surface area (Å²) in [5.41, 5.74) is 0. The van der Waals surface area contributed by atoms with Gasteiger partial charge in [0.15, 0.2) is 0 Å². The molecule has 0 fully saturated rings. The highest BCUT2D eigenvalue weighted by atomic mass is 32.2. The quantitative estimate of drug-likeness (QED) is 0.366. The highest BCUT2D eigenvalue weighted by Crippen LogP contribution is 2.12. The lowest BCUT2D eigenvalue weighted by Crippen LogP contribution is -1.76. The maximum atomic E-state index is 8.22. The molecule has 0 unspecified atom stereocenters. The normalized spacial score (nSPS) is 9.09. The van der Waals surface area contributed by atoms with Crippen LogP contribution in [0.25, 0.3) is 0 Å². The molecule has 0 rings (SSSR count). The summed E-state index contributed by atoms with van der Waals surface area (Å²) in [6, 6.07) is 0. The molecule has 0 amide bonds. The van der Waals surface area contributed by atoms with Crippen LogP contribution in [0.2, 0.25) is 0 Å². The van der Waals surface area contributed by atoms with Gasteiger partial charge < -0.3 is 4.74 Å². The topological polar surface area (TPSA) is 33.0 Å². The number of ether oxygens (including phenoxy) is 1. The predicted molar refractivity (Wildman–Crippen MR) is 47.6 cm³/mol. The number of allylic oxidation sites excluding steroid dienone is 2. The summed E-state index contributed by atoms with van der Waals surface area (Å²) in [6.07, 6.45) is 3.34. The van der Waals surface area contributed by atoms with E-state index in [-0.39, 0.29) is 0 Å². The third kappa shape index (κ3) is 5.31. The Bertz CT molecular complexity index is 225. The minimum absolute atomic E-state index is 0.546. The lowest BCUT2D eigenvalue weighted by molar-refractivity contribution is 0.309. The van der Waals surface area contributed by atoms with E-state index >= 15 is 0 Å². The number of thiocyanates is 1. The van der Waals surface area contributed by atoms with E-state index in [1.165, 1.54) is 7.11 Å². The van der Waals surface area contributed by atoms with Gasteiger partial charge in [-0.3, -0.25) is 0 Å². The molecule has 0 saturated carbocycles. The second-order valence-corrected chi connectivity index (χ2v) is 2.57. The Kier molecular flexibility index (Phi) is 5.05. The van der Waals surface area contributed by atoms with E-state index in [0.717, 1.165) is 11.8 Å². The molecule has 0 spiro atoms. The third-order valence-electron chi connectivity index (χ3n) is 0.894. The highest BCUT2D eigenvalue weighted by Gasteiger charge is 1.87. The molecule has 11 heavy (non-hydrogen) atoms. The van der Waals surface area contributed by atoms with E-state index in [9.17, 15) is 0 Å². The summed E-state index contributed by atoms with van der Waals surface area (Å²) in [5, 5.41) is 10.1. The van der Waals surface area contributed by atoms with E-state index in [1.807, 2.05) is 5.40 Å². The summed E-state index contributed by atoms with van der Waals surface area (Å²) in [7, 11) is 1.53. The number of nitrogens with zero attached hydrogens (tertiary/aromatic N) is 1. The first kappa shape index (κ1) is 9.86.